The van der Waals surface area contributed by atoms with Gasteiger partial charge >= 0.3 is 0 Å². The molecule has 1 unspecified atom stereocenters. The third-order valence-electron chi connectivity index (χ3n) is 2.97. The summed E-state index contributed by atoms with van der Waals surface area (Å²) in [6.07, 6.45) is 0. The highest BCUT2D eigenvalue weighted by molar-refractivity contribution is 8.01. The van der Waals surface area contributed by atoms with Crippen molar-refractivity contribution >= 4 is 44.9 Å². The molecule has 5 heteroatoms. The summed E-state index contributed by atoms with van der Waals surface area (Å²) in [6, 6.07) is 16.0. The Morgan fingerprint density at radius 2 is 1.90 bits per heavy atom. The first-order chi connectivity index (χ1) is 9.76. The van der Waals surface area contributed by atoms with Gasteiger partial charge in [-0.1, -0.05) is 47.6 Å². The maximum Gasteiger partial charge on any atom is 0.151 e. The van der Waals surface area contributed by atoms with E-state index < -0.39 is 0 Å². The van der Waals surface area contributed by atoms with Crippen molar-refractivity contribution < 1.29 is 0 Å². The summed E-state index contributed by atoms with van der Waals surface area (Å²) >= 11 is 9.35. The highest BCUT2D eigenvalue weighted by Crippen LogP contribution is 2.38. The van der Waals surface area contributed by atoms with Gasteiger partial charge in [-0.3, -0.25) is 0 Å². The topological polar surface area (TPSA) is 38.9 Å². The van der Waals surface area contributed by atoms with E-state index in [2.05, 4.69) is 11.1 Å². The summed E-state index contributed by atoms with van der Waals surface area (Å²) < 4.78 is 2.26. The lowest BCUT2D eigenvalue weighted by Gasteiger charge is -2.12. The molecule has 0 fully saturated rings. The van der Waals surface area contributed by atoms with Gasteiger partial charge in [0.1, 0.15) is 0 Å². The molecule has 3 rings (SSSR count). The first kappa shape index (κ1) is 13.9. The fourth-order valence-corrected chi connectivity index (χ4v) is 4.37. The smallest absolute Gasteiger partial charge is 0.151 e. The lowest BCUT2D eigenvalue weighted by molar-refractivity contribution is 0.940. The van der Waals surface area contributed by atoms with Crippen molar-refractivity contribution in [3.05, 3.63) is 59.1 Å². The second-order valence-corrected chi connectivity index (χ2v) is 7.26. The van der Waals surface area contributed by atoms with Crippen LogP contribution in [-0.4, -0.2) is 11.5 Å². The quantitative estimate of drug-likeness (QED) is 0.705. The minimum Gasteiger partial charge on any atom is -0.329 e. The molecule has 0 amide bonds. The number of hydrogen-bond acceptors (Lipinski definition) is 4. The van der Waals surface area contributed by atoms with Crippen LogP contribution in [0, 0.1) is 0 Å². The molecular weight excluding hydrogens is 308 g/mol. The molecule has 0 aliphatic heterocycles. The molecule has 2 nitrogen and oxygen atoms in total. The summed E-state index contributed by atoms with van der Waals surface area (Å²) in [7, 11) is 0. The standard InChI is InChI=1S/C15H13ClN2S2/c16-11-7-5-10(6-8-11)14(9-17)20-15-18-12-3-1-2-4-13(12)19-15/h1-8,14H,9,17H2. The third-order valence-corrected chi connectivity index (χ3v) is 5.64. The molecule has 102 valence electrons. The van der Waals surface area contributed by atoms with Gasteiger partial charge in [0.05, 0.1) is 10.2 Å². The van der Waals surface area contributed by atoms with Crippen molar-refractivity contribution in [1.82, 2.24) is 4.98 Å². The van der Waals surface area contributed by atoms with Gasteiger partial charge in [0, 0.05) is 16.8 Å². The van der Waals surface area contributed by atoms with E-state index in [4.69, 9.17) is 17.3 Å². The SMILES string of the molecule is NCC(Sc1nc2ccccc2s1)c1ccc(Cl)cc1. The molecule has 1 heterocycles. The van der Waals surface area contributed by atoms with Crippen LogP contribution in [0.2, 0.25) is 5.02 Å². The van der Waals surface area contributed by atoms with Gasteiger partial charge in [0.25, 0.3) is 0 Å². The van der Waals surface area contributed by atoms with Gasteiger partial charge in [-0.2, -0.15) is 0 Å². The Labute approximate surface area is 131 Å². The number of benzene rings is 2. The minimum absolute atomic E-state index is 0.202. The van der Waals surface area contributed by atoms with E-state index >= 15 is 0 Å². The Morgan fingerprint density at radius 3 is 2.60 bits per heavy atom. The fraction of sp³-hybridized carbons (Fsp3) is 0.133. The Morgan fingerprint density at radius 1 is 1.15 bits per heavy atom. The van der Waals surface area contributed by atoms with Crippen molar-refractivity contribution in [3.8, 4) is 0 Å². The summed E-state index contributed by atoms with van der Waals surface area (Å²) in [4.78, 5) is 4.64. The second-order valence-electron chi connectivity index (χ2n) is 4.34. The van der Waals surface area contributed by atoms with Crippen LogP contribution in [0.3, 0.4) is 0 Å². The van der Waals surface area contributed by atoms with Crippen molar-refractivity contribution in [1.29, 1.82) is 0 Å². The third kappa shape index (κ3) is 2.99. The van der Waals surface area contributed by atoms with Crippen molar-refractivity contribution in [3.63, 3.8) is 0 Å². The Kier molecular flexibility index (Phi) is 4.27. The fourth-order valence-electron chi connectivity index (χ4n) is 1.95. The number of nitrogens with zero attached hydrogens (tertiary/aromatic N) is 1. The number of thioether (sulfide) groups is 1. The molecule has 0 bridgehead atoms. The van der Waals surface area contributed by atoms with Crippen LogP contribution in [0.15, 0.2) is 52.9 Å². The maximum absolute atomic E-state index is 5.92. The molecule has 0 spiro atoms. The van der Waals surface area contributed by atoms with Gasteiger partial charge in [-0.15, -0.1) is 11.3 Å². The number of para-hydroxylation sites is 1. The first-order valence-electron chi connectivity index (χ1n) is 6.24. The Bertz CT molecular complexity index is 676. The van der Waals surface area contributed by atoms with E-state index in [0.29, 0.717) is 6.54 Å². The zero-order chi connectivity index (χ0) is 13.9. The van der Waals surface area contributed by atoms with Crippen LogP contribution in [0.5, 0.6) is 0 Å². The van der Waals surface area contributed by atoms with E-state index in [1.165, 1.54) is 10.3 Å². The predicted octanol–water partition coefficient (Wildman–Crippen LogP) is 4.74. The highest BCUT2D eigenvalue weighted by Gasteiger charge is 2.14. The molecule has 3 aromatic rings. The number of nitrogens with two attached hydrogens (primary N) is 1. The van der Waals surface area contributed by atoms with Gasteiger partial charge < -0.3 is 5.73 Å². The highest BCUT2D eigenvalue weighted by atomic mass is 35.5. The van der Waals surface area contributed by atoms with E-state index in [1.54, 1.807) is 23.1 Å². The predicted molar refractivity (Wildman–Crippen MR) is 88.7 cm³/mol. The van der Waals surface area contributed by atoms with Crippen LogP contribution in [0.25, 0.3) is 10.2 Å². The van der Waals surface area contributed by atoms with Gasteiger partial charge in [-0.25, -0.2) is 4.98 Å². The normalized spacial score (nSPS) is 12.7. The molecule has 1 atom stereocenters. The van der Waals surface area contributed by atoms with Gasteiger partial charge in [-0.05, 0) is 29.8 Å². The molecule has 0 saturated carbocycles. The zero-order valence-corrected chi connectivity index (χ0v) is 13.0. The van der Waals surface area contributed by atoms with E-state index in [0.717, 1.165) is 14.9 Å². The van der Waals surface area contributed by atoms with Gasteiger partial charge in [0.2, 0.25) is 0 Å². The lowest BCUT2D eigenvalue weighted by atomic mass is 10.1. The maximum atomic E-state index is 5.92. The van der Waals surface area contributed by atoms with Crippen molar-refractivity contribution in [2.75, 3.05) is 6.54 Å². The monoisotopic (exact) mass is 320 g/mol. The van der Waals surface area contributed by atoms with Crippen LogP contribution in [-0.2, 0) is 0 Å². The average molecular weight is 321 g/mol. The minimum atomic E-state index is 0.202. The van der Waals surface area contributed by atoms with Crippen LogP contribution in [0.4, 0.5) is 0 Å². The number of halogens is 1. The second kappa shape index (κ2) is 6.14. The number of rotatable bonds is 4. The summed E-state index contributed by atoms with van der Waals surface area (Å²) in [6.45, 7) is 0.572. The number of aromatic nitrogens is 1. The Balaban J connectivity index is 1.85. The molecule has 2 aromatic carbocycles. The number of fused-ring (bicyclic) bond motifs is 1. The van der Waals surface area contributed by atoms with E-state index in [1.807, 2.05) is 42.5 Å². The molecule has 0 radical (unpaired) electrons. The number of thiazole rings is 1. The summed E-state index contributed by atoms with van der Waals surface area (Å²) in [5, 5.41) is 0.947. The first-order valence-corrected chi connectivity index (χ1v) is 8.31. The zero-order valence-electron chi connectivity index (χ0n) is 10.6. The van der Waals surface area contributed by atoms with Crippen LogP contribution in [0.1, 0.15) is 10.8 Å². The van der Waals surface area contributed by atoms with Crippen molar-refractivity contribution in [2.45, 2.75) is 9.59 Å². The summed E-state index contributed by atoms with van der Waals surface area (Å²) in [5.74, 6) is 0. The van der Waals surface area contributed by atoms with Gasteiger partial charge in [0.15, 0.2) is 4.34 Å². The Hall–Kier alpha value is -1.07. The average Bonchev–Trinajstić information content (AvgIpc) is 2.88. The molecular formula is C15H13ClN2S2. The molecule has 2 N–H and O–H groups in total. The molecule has 1 aromatic heterocycles. The van der Waals surface area contributed by atoms with Crippen LogP contribution < -0.4 is 5.73 Å². The molecule has 0 saturated heterocycles. The van der Waals surface area contributed by atoms with Crippen LogP contribution >= 0.6 is 34.7 Å². The van der Waals surface area contributed by atoms with E-state index in [9.17, 15) is 0 Å². The van der Waals surface area contributed by atoms with E-state index in [-0.39, 0.29) is 5.25 Å². The lowest BCUT2D eigenvalue weighted by Crippen LogP contribution is -2.09. The molecule has 0 aliphatic rings. The summed E-state index contributed by atoms with van der Waals surface area (Å²) in [5.41, 5.74) is 8.14. The van der Waals surface area contributed by atoms with Crippen molar-refractivity contribution in [2.24, 2.45) is 5.73 Å². The largest absolute Gasteiger partial charge is 0.329 e. The molecule has 20 heavy (non-hydrogen) atoms. The number of hydrogen-bond donors (Lipinski definition) is 1. The molecule has 0 aliphatic carbocycles.